The van der Waals surface area contributed by atoms with Crippen LogP contribution in [0.15, 0.2) is 18.2 Å². The van der Waals surface area contributed by atoms with Gasteiger partial charge in [-0.15, -0.1) is 0 Å². The summed E-state index contributed by atoms with van der Waals surface area (Å²) in [5.74, 6) is 0.658. The van der Waals surface area contributed by atoms with Crippen molar-refractivity contribution in [2.75, 3.05) is 20.8 Å². The van der Waals surface area contributed by atoms with Crippen LogP contribution in [0.25, 0.3) is 0 Å². The first-order valence-corrected chi connectivity index (χ1v) is 7.61. The van der Waals surface area contributed by atoms with Crippen molar-refractivity contribution in [3.63, 3.8) is 0 Å². The number of rotatable bonds is 7. The van der Waals surface area contributed by atoms with Gasteiger partial charge in [-0.05, 0) is 32.9 Å². The molecule has 0 saturated carbocycles. The minimum atomic E-state index is -0.991. The van der Waals surface area contributed by atoms with Gasteiger partial charge in [-0.2, -0.15) is 5.26 Å². The molecule has 0 heterocycles. The van der Waals surface area contributed by atoms with Crippen LogP contribution in [0, 0.1) is 11.3 Å². The van der Waals surface area contributed by atoms with Gasteiger partial charge in [0.1, 0.15) is 29.7 Å². The van der Waals surface area contributed by atoms with Crippen LogP contribution in [0.4, 0.5) is 4.79 Å². The highest BCUT2D eigenvalue weighted by Gasteiger charge is 2.28. The third-order valence-electron chi connectivity index (χ3n) is 3.46. The Labute approximate surface area is 147 Å². The molecule has 25 heavy (non-hydrogen) atoms. The molecule has 0 radical (unpaired) electrons. The molecule has 1 rings (SSSR count). The van der Waals surface area contributed by atoms with E-state index in [0.717, 1.165) is 0 Å². The SMILES string of the molecule is COc1cc(OC)cc(C(C)(C)OC(=O)NC(C)C(=O)NCC#N)c1. The lowest BCUT2D eigenvalue weighted by Gasteiger charge is -2.27. The molecule has 0 fully saturated rings. The fraction of sp³-hybridized carbons (Fsp3) is 0.471. The fourth-order valence-electron chi connectivity index (χ4n) is 2.00. The summed E-state index contributed by atoms with van der Waals surface area (Å²) in [5, 5.41) is 13.2. The smallest absolute Gasteiger partial charge is 0.408 e. The third kappa shape index (κ3) is 5.88. The van der Waals surface area contributed by atoms with Crippen LogP contribution in [-0.2, 0) is 15.1 Å². The number of carbonyl (C=O) groups excluding carboxylic acids is 2. The Kier molecular flexibility index (Phi) is 7.06. The first-order valence-electron chi connectivity index (χ1n) is 7.61. The van der Waals surface area contributed by atoms with Gasteiger partial charge in [0.25, 0.3) is 0 Å². The highest BCUT2D eigenvalue weighted by atomic mass is 16.6. The summed E-state index contributed by atoms with van der Waals surface area (Å²) in [5.41, 5.74) is -0.324. The Morgan fingerprint density at radius 2 is 1.76 bits per heavy atom. The van der Waals surface area contributed by atoms with Gasteiger partial charge in [0.05, 0.1) is 20.3 Å². The van der Waals surface area contributed by atoms with Crippen LogP contribution in [0.2, 0.25) is 0 Å². The molecule has 0 aliphatic carbocycles. The predicted molar refractivity (Wildman–Crippen MR) is 90.3 cm³/mol. The van der Waals surface area contributed by atoms with Crippen molar-refractivity contribution in [2.45, 2.75) is 32.4 Å². The molecular weight excluding hydrogens is 326 g/mol. The molecule has 8 heteroatoms. The lowest BCUT2D eigenvalue weighted by molar-refractivity contribution is -0.122. The molecule has 2 amide bonds. The molecule has 0 aliphatic rings. The average molecular weight is 349 g/mol. The molecule has 136 valence electrons. The minimum absolute atomic E-state index is 0.130. The normalized spacial score (nSPS) is 11.7. The maximum atomic E-state index is 12.1. The van der Waals surface area contributed by atoms with Gasteiger partial charge in [0, 0.05) is 11.6 Å². The van der Waals surface area contributed by atoms with Crippen molar-refractivity contribution in [1.29, 1.82) is 5.26 Å². The van der Waals surface area contributed by atoms with Crippen LogP contribution in [0.5, 0.6) is 11.5 Å². The number of ether oxygens (including phenoxy) is 3. The Morgan fingerprint density at radius 3 is 2.24 bits per heavy atom. The van der Waals surface area contributed by atoms with Gasteiger partial charge in [0.15, 0.2) is 0 Å². The number of alkyl carbamates (subject to hydrolysis) is 1. The Bertz CT molecular complexity index is 644. The van der Waals surface area contributed by atoms with Crippen molar-refractivity contribution < 1.29 is 23.8 Å². The van der Waals surface area contributed by atoms with Gasteiger partial charge in [-0.25, -0.2) is 4.79 Å². The zero-order valence-corrected chi connectivity index (χ0v) is 15.0. The molecule has 8 nitrogen and oxygen atoms in total. The quantitative estimate of drug-likeness (QED) is 0.725. The number of carbonyl (C=O) groups is 2. The lowest BCUT2D eigenvalue weighted by Crippen LogP contribution is -2.46. The Balaban J connectivity index is 2.81. The molecule has 1 unspecified atom stereocenters. The van der Waals surface area contributed by atoms with Gasteiger partial charge in [0.2, 0.25) is 5.91 Å². The summed E-state index contributed by atoms with van der Waals surface area (Å²) < 4.78 is 15.9. The molecular formula is C17H23N3O5. The molecule has 0 spiro atoms. The first-order chi connectivity index (χ1) is 11.7. The minimum Gasteiger partial charge on any atom is -0.497 e. The first kappa shape index (κ1) is 20.1. The average Bonchev–Trinajstić information content (AvgIpc) is 2.58. The summed E-state index contributed by atoms with van der Waals surface area (Å²) in [6.45, 7) is 4.78. The zero-order valence-electron chi connectivity index (χ0n) is 15.0. The van der Waals surface area contributed by atoms with E-state index >= 15 is 0 Å². The maximum Gasteiger partial charge on any atom is 0.408 e. The van der Waals surface area contributed by atoms with Crippen molar-refractivity contribution in [3.05, 3.63) is 23.8 Å². The molecule has 0 aliphatic heterocycles. The predicted octanol–water partition coefficient (Wildman–Crippen LogP) is 1.69. The number of hydrogen-bond donors (Lipinski definition) is 2. The monoisotopic (exact) mass is 349 g/mol. The number of nitrogens with one attached hydrogen (secondary N) is 2. The van der Waals surface area contributed by atoms with E-state index < -0.39 is 23.6 Å². The summed E-state index contributed by atoms with van der Waals surface area (Å²) in [4.78, 5) is 23.8. The molecule has 1 aromatic rings. The standard InChI is InChI=1S/C17H23N3O5/c1-11(15(21)19-7-6-18)20-16(22)25-17(2,3)12-8-13(23-4)10-14(9-12)24-5/h8-11H,7H2,1-5H3,(H,19,21)(H,20,22). The second-order valence-corrected chi connectivity index (χ2v) is 5.74. The number of methoxy groups -OCH3 is 2. The highest BCUT2D eigenvalue weighted by molar-refractivity contribution is 5.85. The van der Waals surface area contributed by atoms with Crippen molar-refractivity contribution in [3.8, 4) is 17.6 Å². The van der Waals surface area contributed by atoms with Gasteiger partial charge in [-0.1, -0.05) is 0 Å². The number of nitriles is 1. The molecule has 0 saturated heterocycles. The zero-order chi connectivity index (χ0) is 19.0. The van der Waals surface area contributed by atoms with E-state index in [1.165, 1.54) is 21.1 Å². The van der Waals surface area contributed by atoms with Crippen LogP contribution >= 0.6 is 0 Å². The van der Waals surface area contributed by atoms with Crippen molar-refractivity contribution >= 4 is 12.0 Å². The fourth-order valence-corrected chi connectivity index (χ4v) is 2.00. The van der Waals surface area contributed by atoms with Crippen LogP contribution < -0.4 is 20.1 Å². The lowest BCUT2D eigenvalue weighted by atomic mass is 9.97. The second-order valence-electron chi connectivity index (χ2n) is 5.74. The van der Waals surface area contributed by atoms with E-state index in [-0.39, 0.29) is 6.54 Å². The van der Waals surface area contributed by atoms with E-state index in [9.17, 15) is 9.59 Å². The second kappa shape index (κ2) is 8.78. The van der Waals surface area contributed by atoms with Gasteiger partial charge in [-0.3, -0.25) is 4.79 Å². The van der Waals surface area contributed by atoms with Crippen LogP contribution in [0.1, 0.15) is 26.3 Å². The number of hydrogen-bond acceptors (Lipinski definition) is 6. The summed E-state index contributed by atoms with van der Waals surface area (Å²) in [6.07, 6.45) is -0.758. The van der Waals surface area contributed by atoms with E-state index in [4.69, 9.17) is 19.5 Å². The van der Waals surface area contributed by atoms with E-state index in [2.05, 4.69) is 10.6 Å². The number of benzene rings is 1. The van der Waals surface area contributed by atoms with Crippen LogP contribution in [0.3, 0.4) is 0 Å². The van der Waals surface area contributed by atoms with E-state index in [1.54, 1.807) is 38.1 Å². The summed E-state index contributed by atoms with van der Waals surface area (Å²) in [6, 6.07) is 6.13. The van der Waals surface area contributed by atoms with E-state index in [1.807, 2.05) is 0 Å². The molecule has 0 aromatic heterocycles. The van der Waals surface area contributed by atoms with E-state index in [0.29, 0.717) is 17.1 Å². The summed E-state index contributed by atoms with van der Waals surface area (Å²) >= 11 is 0. The maximum absolute atomic E-state index is 12.1. The molecule has 1 atom stereocenters. The molecule has 2 N–H and O–H groups in total. The summed E-state index contributed by atoms with van der Waals surface area (Å²) in [7, 11) is 3.06. The molecule has 1 aromatic carbocycles. The largest absolute Gasteiger partial charge is 0.497 e. The molecule has 0 bridgehead atoms. The highest BCUT2D eigenvalue weighted by Crippen LogP contribution is 2.32. The number of nitrogens with zero attached hydrogens (tertiary/aromatic N) is 1. The Hall–Kier alpha value is -2.95. The third-order valence-corrected chi connectivity index (χ3v) is 3.46. The van der Waals surface area contributed by atoms with Crippen molar-refractivity contribution in [1.82, 2.24) is 10.6 Å². The number of amides is 2. The Morgan fingerprint density at radius 1 is 1.20 bits per heavy atom. The van der Waals surface area contributed by atoms with Gasteiger partial charge >= 0.3 is 6.09 Å². The van der Waals surface area contributed by atoms with Crippen molar-refractivity contribution in [2.24, 2.45) is 0 Å². The van der Waals surface area contributed by atoms with Crippen LogP contribution in [-0.4, -0.2) is 38.8 Å². The topological polar surface area (TPSA) is 110 Å². The van der Waals surface area contributed by atoms with Gasteiger partial charge < -0.3 is 24.8 Å².